The summed E-state index contributed by atoms with van der Waals surface area (Å²) in [6.07, 6.45) is 4.61. The molecule has 0 bridgehead atoms. The van der Waals surface area contributed by atoms with Crippen molar-refractivity contribution in [2.75, 3.05) is 0 Å². The lowest BCUT2D eigenvalue weighted by Gasteiger charge is -2.61. The van der Waals surface area contributed by atoms with Gasteiger partial charge in [0, 0.05) is 34.2 Å². The van der Waals surface area contributed by atoms with E-state index >= 15 is 0 Å². The molecule has 0 aromatic carbocycles. The van der Waals surface area contributed by atoms with E-state index in [0.717, 1.165) is 12.8 Å². The number of nitrogens with one attached hydrogen (secondary N) is 1. The van der Waals surface area contributed by atoms with Crippen LogP contribution < -0.4 is 11.1 Å². The second-order valence-electron chi connectivity index (χ2n) is 10.1. The lowest BCUT2D eigenvalue weighted by molar-refractivity contribution is -0.0939. The fourth-order valence-corrected chi connectivity index (χ4v) is 5.81. The smallest absolute Gasteiger partial charge is 0.0176 e. The zero-order chi connectivity index (χ0) is 16.3. The summed E-state index contributed by atoms with van der Waals surface area (Å²) < 4.78 is 0. The standard InChI is InChI=1S/C18H37N3/c1-15(2)11-14(12-16(3,4)20-15)21-17(5,6)9-13(19)10-18(21,7)8/h13-14,20H,9-12,19H2,1-8H3. The van der Waals surface area contributed by atoms with E-state index < -0.39 is 0 Å². The topological polar surface area (TPSA) is 41.3 Å². The number of nitrogens with two attached hydrogens (primary N) is 1. The summed E-state index contributed by atoms with van der Waals surface area (Å²) in [4.78, 5) is 2.80. The van der Waals surface area contributed by atoms with Gasteiger partial charge in [-0.3, -0.25) is 4.90 Å². The monoisotopic (exact) mass is 295 g/mol. The quantitative estimate of drug-likeness (QED) is 0.780. The molecule has 2 aliphatic heterocycles. The van der Waals surface area contributed by atoms with E-state index in [-0.39, 0.29) is 22.2 Å². The number of nitrogens with zero attached hydrogens (tertiary/aromatic N) is 1. The molecule has 2 aliphatic rings. The molecule has 3 N–H and O–H groups in total. The SMILES string of the molecule is CC1(C)CC(N2C(C)(C)CC(N)CC2(C)C)CC(C)(C)N1. The Morgan fingerprint density at radius 3 is 1.52 bits per heavy atom. The highest BCUT2D eigenvalue weighted by atomic mass is 15.3. The van der Waals surface area contributed by atoms with Gasteiger partial charge in [0.05, 0.1) is 0 Å². The van der Waals surface area contributed by atoms with Crippen LogP contribution >= 0.6 is 0 Å². The lowest BCUT2D eigenvalue weighted by atomic mass is 9.71. The summed E-state index contributed by atoms with van der Waals surface area (Å²) >= 11 is 0. The molecule has 3 nitrogen and oxygen atoms in total. The molecular weight excluding hydrogens is 258 g/mol. The first-order valence-electron chi connectivity index (χ1n) is 8.59. The van der Waals surface area contributed by atoms with Crippen LogP contribution in [-0.2, 0) is 0 Å². The largest absolute Gasteiger partial charge is 0.328 e. The molecule has 2 saturated heterocycles. The van der Waals surface area contributed by atoms with Crippen molar-refractivity contribution in [2.45, 2.75) is 115 Å². The first kappa shape index (κ1) is 17.2. The molecular formula is C18H37N3. The number of rotatable bonds is 1. The maximum atomic E-state index is 6.35. The van der Waals surface area contributed by atoms with Gasteiger partial charge in [0.2, 0.25) is 0 Å². The molecule has 124 valence electrons. The predicted molar refractivity (Wildman–Crippen MR) is 91.5 cm³/mol. The summed E-state index contributed by atoms with van der Waals surface area (Å²) in [5, 5.41) is 3.81. The molecule has 21 heavy (non-hydrogen) atoms. The van der Waals surface area contributed by atoms with Crippen LogP contribution in [0.1, 0.15) is 81.1 Å². The van der Waals surface area contributed by atoms with Crippen LogP contribution in [-0.4, -0.2) is 39.1 Å². The number of likely N-dealkylation sites (tertiary alicyclic amines) is 1. The second kappa shape index (κ2) is 4.94. The van der Waals surface area contributed by atoms with Crippen LogP contribution in [0.3, 0.4) is 0 Å². The summed E-state index contributed by atoms with van der Waals surface area (Å²) in [6, 6.07) is 0.947. The van der Waals surface area contributed by atoms with Crippen molar-refractivity contribution in [2.24, 2.45) is 5.73 Å². The van der Waals surface area contributed by atoms with Crippen molar-refractivity contribution in [3.8, 4) is 0 Å². The van der Waals surface area contributed by atoms with Crippen molar-refractivity contribution in [1.82, 2.24) is 10.2 Å². The highest BCUT2D eigenvalue weighted by molar-refractivity contribution is 5.09. The van der Waals surface area contributed by atoms with Gasteiger partial charge in [-0.2, -0.15) is 0 Å². The van der Waals surface area contributed by atoms with Crippen LogP contribution in [0.4, 0.5) is 0 Å². The molecule has 0 aromatic rings. The third-order valence-corrected chi connectivity index (χ3v) is 5.36. The van der Waals surface area contributed by atoms with E-state index in [4.69, 9.17) is 5.73 Å². The van der Waals surface area contributed by atoms with Gasteiger partial charge in [0.15, 0.2) is 0 Å². The third-order valence-electron chi connectivity index (χ3n) is 5.36. The molecule has 2 heterocycles. The van der Waals surface area contributed by atoms with E-state index in [9.17, 15) is 0 Å². The minimum absolute atomic E-state index is 0.176. The molecule has 2 rings (SSSR count). The van der Waals surface area contributed by atoms with E-state index in [2.05, 4.69) is 65.6 Å². The van der Waals surface area contributed by atoms with E-state index in [0.29, 0.717) is 12.1 Å². The molecule has 2 fully saturated rings. The number of hydrogen-bond acceptors (Lipinski definition) is 3. The van der Waals surface area contributed by atoms with Crippen molar-refractivity contribution in [3.63, 3.8) is 0 Å². The van der Waals surface area contributed by atoms with Gasteiger partial charge >= 0.3 is 0 Å². The average molecular weight is 296 g/mol. The summed E-state index contributed by atoms with van der Waals surface area (Å²) in [5.74, 6) is 0. The Balaban J connectivity index is 2.33. The first-order valence-corrected chi connectivity index (χ1v) is 8.59. The zero-order valence-corrected chi connectivity index (χ0v) is 15.5. The van der Waals surface area contributed by atoms with Crippen LogP contribution in [0.5, 0.6) is 0 Å². The van der Waals surface area contributed by atoms with Gasteiger partial charge in [0.1, 0.15) is 0 Å². The van der Waals surface area contributed by atoms with Gasteiger partial charge < -0.3 is 11.1 Å². The molecule has 0 atom stereocenters. The van der Waals surface area contributed by atoms with E-state index in [1.54, 1.807) is 0 Å². The van der Waals surface area contributed by atoms with Gasteiger partial charge in [-0.15, -0.1) is 0 Å². The van der Waals surface area contributed by atoms with Crippen LogP contribution in [0, 0.1) is 0 Å². The van der Waals surface area contributed by atoms with Crippen molar-refractivity contribution >= 4 is 0 Å². The molecule has 0 unspecified atom stereocenters. The highest BCUT2D eigenvalue weighted by Gasteiger charge is 2.51. The van der Waals surface area contributed by atoms with E-state index in [1.165, 1.54) is 12.8 Å². The summed E-state index contributed by atoms with van der Waals surface area (Å²) in [6.45, 7) is 18.9. The highest BCUT2D eigenvalue weighted by Crippen LogP contribution is 2.44. The molecule has 0 saturated carbocycles. The molecule has 0 aromatic heterocycles. The normalized spacial score (nSPS) is 33.0. The lowest BCUT2D eigenvalue weighted by Crippen LogP contribution is -2.71. The zero-order valence-electron chi connectivity index (χ0n) is 15.5. The van der Waals surface area contributed by atoms with Gasteiger partial charge in [-0.1, -0.05) is 0 Å². The van der Waals surface area contributed by atoms with Crippen LogP contribution in [0.2, 0.25) is 0 Å². The first-order chi connectivity index (χ1) is 9.24. The van der Waals surface area contributed by atoms with Crippen molar-refractivity contribution in [3.05, 3.63) is 0 Å². The minimum atomic E-state index is 0.176. The average Bonchev–Trinajstić information content (AvgIpc) is 2.04. The maximum Gasteiger partial charge on any atom is 0.0176 e. The molecule has 0 spiro atoms. The van der Waals surface area contributed by atoms with Gasteiger partial charge in [0.25, 0.3) is 0 Å². The number of hydrogen-bond donors (Lipinski definition) is 2. The summed E-state index contributed by atoms with van der Waals surface area (Å²) in [5.41, 5.74) is 7.08. The summed E-state index contributed by atoms with van der Waals surface area (Å²) in [7, 11) is 0. The van der Waals surface area contributed by atoms with Crippen molar-refractivity contribution < 1.29 is 0 Å². The molecule has 0 radical (unpaired) electrons. The Hall–Kier alpha value is -0.120. The van der Waals surface area contributed by atoms with Crippen molar-refractivity contribution in [1.29, 1.82) is 0 Å². The van der Waals surface area contributed by atoms with Crippen LogP contribution in [0.25, 0.3) is 0 Å². The Kier molecular flexibility index (Phi) is 4.05. The molecule has 0 aliphatic carbocycles. The Morgan fingerprint density at radius 1 is 0.762 bits per heavy atom. The second-order valence-corrected chi connectivity index (χ2v) is 10.1. The third kappa shape index (κ3) is 3.62. The van der Waals surface area contributed by atoms with Gasteiger partial charge in [-0.25, -0.2) is 0 Å². The van der Waals surface area contributed by atoms with Crippen LogP contribution in [0.15, 0.2) is 0 Å². The fourth-order valence-electron chi connectivity index (χ4n) is 5.81. The van der Waals surface area contributed by atoms with Gasteiger partial charge in [-0.05, 0) is 81.1 Å². The maximum absolute atomic E-state index is 6.35. The Bertz CT molecular complexity index is 361. The Labute approximate surface area is 132 Å². The fraction of sp³-hybridized carbons (Fsp3) is 1.00. The van der Waals surface area contributed by atoms with E-state index in [1.807, 2.05) is 0 Å². The molecule has 3 heteroatoms. The molecule has 0 amide bonds. The number of piperidine rings is 2. The predicted octanol–water partition coefficient (Wildman–Crippen LogP) is 3.28. The minimum Gasteiger partial charge on any atom is -0.328 e. The Morgan fingerprint density at radius 2 is 1.14 bits per heavy atom.